The first-order valence-electron chi connectivity index (χ1n) is 4.35. The maximum Gasteiger partial charge on any atom is 0.346 e. The molecule has 0 radical (unpaired) electrons. The van der Waals surface area contributed by atoms with Gasteiger partial charge in [-0.05, 0) is 12.0 Å². The lowest BCUT2D eigenvalue weighted by molar-refractivity contribution is -0.143. The van der Waals surface area contributed by atoms with E-state index >= 15 is 0 Å². The zero-order valence-corrected chi connectivity index (χ0v) is 7.51. The largest absolute Gasteiger partial charge is 0.384 e. The van der Waals surface area contributed by atoms with Crippen molar-refractivity contribution >= 4 is 11.8 Å². The molecule has 4 nitrogen and oxygen atoms in total. The summed E-state index contributed by atoms with van der Waals surface area (Å²) in [7, 11) is 0. The summed E-state index contributed by atoms with van der Waals surface area (Å²) in [5.74, 6) is -0.525. The molecule has 2 rings (SSSR count). The Morgan fingerprint density at radius 2 is 2.07 bits per heavy atom. The summed E-state index contributed by atoms with van der Waals surface area (Å²) in [5, 5.41) is 3.44. The Kier molecular flexibility index (Phi) is 2.18. The van der Waals surface area contributed by atoms with Gasteiger partial charge in [0.2, 0.25) is 0 Å². The van der Waals surface area contributed by atoms with Crippen molar-refractivity contribution in [3.05, 3.63) is 35.9 Å². The number of oxime groups is 1. The van der Waals surface area contributed by atoms with Gasteiger partial charge in [-0.1, -0.05) is 35.5 Å². The molecule has 0 unspecified atom stereocenters. The zero-order valence-electron chi connectivity index (χ0n) is 7.51. The predicted molar refractivity (Wildman–Crippen MR) is 51.4 cm³/mol. The number of benzene rings is 1. The number of nitrogens with zero attached hydrogens (tertiary/aromatic N) is 1. The van der Waals surface area contributed by atoms with Gasteiger partial charge < -0.3 is 10.6 Å². The van der Waals surface area contributed by atoms with Crippen LogP contribution in [0.5, 0.6) is 0 Å². The van der Waals surface area contributed by atoms with E-state index in [1.54, 1.807) is 0 Å². The van der Waals surface area contributed by atoms with Crippen LogP contribution in [0.25, 0.3) is 0 Å². The quantitative estimate of drug-likeness (QED) is 0.697. The average molecular weight is 190 g/mol. The molecule has 0 spiro atoms. The molecule has 1 aromatic carbocycles. The molecule has 0 saturated heterocycles. The standard InChI is InChI=1S/C10H10N2O2/c11-9-8(10(13)14-12-9)6-7-4-2-1-3-5-7/h1-5,8H,6H2,(H2,11,12)/t8-/m0/s1. The van der Waals surface area contributed by atoms with E-state index < -0.39 is 5.92 Å². The first-order valence-corrected chi connectivity index (χ1v) is 4.35. The third kappa shape index (κ3) is 1.59. The summed E-state index contributed by atoms with van der Waals surface area (Å²) in [6, 6.07) is 9.65. The fourth-order valence-electron chi connectivity index (χ4n) is 1.38. The predicted octanol–water partition coefficient (Wildman–Crippen LogP) is 0.674. The molecule has 0 aromatic heterocycles. The van der Waals surface area contributed by atoms with Crippen molar-refractivity contribution < 1.29 is 9.63 Å². The van der Waals surface area contributed by atoms with Crippen LogP contribution in [0.2, 0.25) is 0 Å². The van der Waals surface area contributed by atoms with Gasteiger partial charge in [-0.2, -0.15) is 0 Å². The Morgan fingerprint density at radius 3 is 2.64 bits per heavy atom. The van der Waals surface area contributed by atoms with Crippen molar-refractivity contribution in [2.24, 2.45) is 16.8 Å². The van der Waals surface area contributed by atoms with Gasteiger partial charge in [0.15, 0.2) is 5.84 Å². The smallest absolute Gasteiger partial charge is 0.346 e. The van der Waals surface area contributed by atoms with Crippen molar-refractivity contribution in [2.45, 2.75) is 6.42 Å². The third-order valence-electron chi connectivity index (χ3n) is 2.17. The van der Waals surface area contributed by atoms with Crippen LogP contribution in [-0.2, 0) is 16.1 Å². The van der Waals surface area contributed by atoms with E-state index in [-0.39, 0.29) is 11.8 Å². The summed E-state index contributed by atoms with van der Waals surface area (Å²) in [4.78, 5) is 15.6. The van der Waals surface area contributed by atoms with Gasteiger partial charge in [-0.3, -0.25) is 0 Å². The van der Waals surface area contributed by atoms with E-state index in [1.807, 2.05) is 30.3 Å². The molecule has 1 heterocycles. The van der Waals surface area contributed by atoms with Crippen molar-refractivity contribution in [3.8, 4) is 0 Å². The maximum absolute atomic E-state index is 11.2. The molecule has 0 amide bonds. The first-order chi connectivity index (χ1) is 6.77. The minimum Gasteiger partial charge on any atom is -0.384 e. The van der Waals surface area contributed by atoms with Crippen molar-refractivity contribution in [2.75, 3.05) is 0 Å². The number of rotatable bonds is 2. The van der Waals surface area contributed by atoms with Gasteiger partial charge >= 0.3 is 5.97 Å². The highest BCUT2D eigenvalue weighted by molar-refractivity contribution is 6.03. The molecule has 0 bridgehead atoms. The van der Waals surface area contributed by atoms with Gasteiger partial charge in [-0.25, -0.2) is 4.79 Å². The fraction of sp³-hybridized carbons (Fsp3) is 0.200. The third-order valence-corrected chi connectivity index (χ3v) is 2.17. The molecule has 14 heavy (non-hydrogen) atoms. The summed E-state index contributed by atoms with van der Waals surface area (Å²) in [6.07, 6.45) is 0.551. The van der Waals surface area contributed by atoms with Crippen LogP contribution in [0.1, 0.15) is 5.56 Å². The van der Waals surface area contributed by atoms with Crippen molar-refractivity contribution in [3.63, 3.8) is 0 Å². The summed E-state index contributed by atoms with van der Waals surface area (Å²) < 4.78 is 0. The van der Waals surface area contributed by atoms with Gasteiger partial charge in [0.1, 0.15) is 5.92 Å². The lowest BCUT2D eigenvalue weighted by atomic mass is 9.99. The molecule has 72 valence electrons. The highest BCUT2D eigenvalue weighted by Gasteiger charge is 2.30. The molecule has 1 aliphatic rings. The molecule has 4 heteroatoms. The molecule has 2 N–H and O–H groups in total. The Labute approximate surface area is 81.3 Å². The van der Waals surface area contributed by atoms with E-state index in [0.717, 1.165) is 5.56 Å². The number of carbonyl (C=O) groups excluding carboxylic acids is 1. The molecule has 1 aliphatic heterocycles. The number of amidine groups is 1. The number of hydrogen-bond acceptors (Lipinski definition) is 4. The Balaban J connectivity index is 2.12. The second-order valence-corrected chi connectivity index (χ2v) is 3.17. The normalized spacial score (nSPS) is 20.4. The lowest BCUT2D eigenvalue weighted by Crippen LogP contribution is -2.26. The van der Waals surface area contributed by atoms with Crippen LogP contribution < -0.4 is 5.73 Å². The molecule has 0 saturated carbocycles. The number of carbonyl (C=O) groups is 1. The second-order valence-electron chi connectivity index (χ2n) is 3.17. The fourth-order valence-corrected chi connectivity index (χ4v) is 1.38. The van der Waals surface area contributed by atoms with Crippen LogP contribution in [0.3, 0.4) is 0 Å². The summed E-state index contributed by atoms with van der Waals surface area (Å²) in [6.45, 7) is 0. The average Bonchev–Trinajstić information content (AvgIpc) is 2.51. The summed E-state index contributed by atoms with van der Waals surface area (Å²) >= 11 is 0. The maximum atomic E-state index is 11.2. The van der Waals surface area contributed by atoms with Crippen LogP contribution in [0.4, 0.5) is 0 Å². The van der Waals surface area contributed by atoms with E-state index in [0.29, 0.717) is 6.42 Å². The highest BCUT2D eigenvalue weighted by atomic mass is 16.7. The molecule has 1 atom stereocenters. The molecule has 1 aromatic rings. The van der Waals surface area contributed by atoms with Crippen LogP contribution >= 0.6 is 0 Å². The molecule has 0 aliphatic carbocycles. The lowest BCUT2D eigenvalue weighted by Gasteiger charge is -2.04. The van der Waals surface area contributed by atoms with Crippen molar-refractivity contribution in [1.29, 1.82) is 0 Å². The van der Waals surface area contributed by atoms with Gasteiger partial charge in [0.05, 0.1) is 0 Å². The SMILES string of the molecule is NC1=NOC(=O)[C@H]1Cc1ccccc1. The zero-order chi connectivity index (χ0) is 9.97. The molecular weight excluding hydrogens is 180 g/mol. The topological polar surface area (TPSA) is 64.7 Å². The highest BCUT2D eigenvalue weighted by Crippen LogP contribution is 2.15. The molecule has 0 fully saturated rings. The first kappa shape index (κ1) is 8.74. The Hall–Kier alpha value is -1.84. The monoisotopic (exact) mass is 190 g/mol. The Morgan fingerprint density at radius 1 is 1.36 bits per heavy atom. The summed E-state index contributed by atoms with van der Waals surface area (Å²) in [5.41, 5.74) is 6.57. The van der Waals surface area contributed by atoms with Crippen molar-refractivity contribution in [1.82, 2.24) is 0 Å². The van der Waals surface area contributed by atoms with Crippen LogP contribution in [0.15, 0.2) is 35.5 Å². The second kappa shape index (κ2) is 3.49. The molecular formula is C10H10N2O2. The van der Waals surface area contributed by atoms with E-state index in [4.69, 9.17) is 5.73 Å². The number of hydrogen-bond donors (Lipinski definition) is 1. The van der Waals surface area contributed by atoms with E-state index in [9.17, 15) is 4.79 Å². The minimum absolute atomic E-state index is 0.263. The van der Waals surface area contributed by atoms with Crippen LogP contribution in [0, 0.1) is 5.92 Å². The van der Waals surface area contributed by atoms with Gasteiger partial charge in [0.25, 0.3) is 0 Å². The Bertz CT molecular complexity index is 373. The number of nitrogens with two attached hydrogens (primary N) is 1. The van der Waals surface area contributed by atoms with E-state index in [2.05, 4.69) is 9.99 Å². The van der Waals surface area contributed by atoms with Crippen LogP contribution in [-0.4, -0.2) is 11.8 Å². The van der Waals surface area contributed by atoms with Gasteiger partial charge in [-0.15, -0.1) is 0 Å². The van der Waals surface area contributed by atoms with Gasteiger partial charge in [0, 0.05) is 0 Å². The minimum atomic E-state index is -0.419. The van der Waals surface area contributed by atoms with E-state index in [1.165, 1.54) is 0 Å².